The molecule has 0 spiro atoms. The molecule has 26 heavy (non-hydrogen) atoms. The summed E-state index contributed by atoms with van der Waals surface area (Å²) in [6.45, 7) is 1.87. The largest absolute Gasteiger partial charge is 0.461 e. The number of fused-ring (bicyclic) bond motifs is 1. The Morgan fingerprint density at radius 3 is 2.54 bits per heavy atom. The molecule has 0 unspecified atom stereocenters. The summed E-state index contributed by atoms with van der Waals surface area (Å²) in [5.41, 5.74) is 1.20. The molecule has 5 nitrogen and oxygen atoms in total. The molecule has 0 radical (unpaired) electrons. The highest BCUT2D eigenvalue weighted by atomic mass is 16.5. The van der Waals surface area contributed by atoms with Crippen LogP contribution in [0.5, 0.6) is 5.75 Å². The number of benzene rings is 2. The number of rotatable bonds is 3. The molecule has 0 N–H and O–H groups in total. The van der Waals surface area contributed by atoms with Crippen LogP contribution in [0.25, 0.3) is 22.5 Å². The fourth-order valence-corrected chi connectivity index (χ4v) is 2.68. The van der Waals surface area contributed by atoms with Crippen LogP contribution >= 0.6 is 0 Å². The zero-order chi connectivity index (χ0) is 18.1. The van der Waals surface area contributed by atoms with Gasteiger partial charge in [0, 0.05) is 0 Å². The molecule has 0 amide bonds. The van der Waals surface area contributed by atoms with Gasteiger partial charge in [-0.25, -0.2) is 4.79 Å². The van der Waals surface area contributed by atoms with Gasteiger partial charge >= 0.3 is 5.97 Å². The van der Waals surface area contributed by atoms with Gasteiger partial charge in [-0.15, -0.1) is 0 Å². The van der Waals surface area contributed by atoms with Crippen molar-refractivity contribution < 1.29 is 18.4 Å². The second-order valence-corrected chi connectivity index (χ2v) is 5.82. The van der Waals surface area contributed by atoms with Crippen molar-refractivity contribution in [3.8, 4) is 17.3 Å². The molecule has 4 rings (SSSR count). The average Bonchev–Trinajstić information content (AvgIpc) is 3.19. The van der Waals surface area contributed by atoms with Crippen molar-refractivity contribution in [2.45, 2.75) is 6.92 Å². The number of carbonyl (C=O) groups is 1. The third kappa shape index (κ3) is 2.80. The maximum atomic E-state index is 13.0. The van der Waals surface area contributed by atoms with E-state index in [-0.39, 0.29) is 11.5 Å². The molecule has 2 aromatic heterocycles. The third-order valence-electron chi connectivity index (χ3n) is 3.95. The smallest absolute Gasteiger partial charge is 0.343 e. The van der Waals surface area contributed by atoms with Gasteiger partial charge in [-0.3, -0.25) is 4.79 Å². The van der Waals surface area contributed by atoms with Crippen LogP contribution in [0, 0.1) is 6.92 Å². The van der Waals surface area contributed by atoms with Gasteiger partial charge in [-0.1, -0.05) is 29.8 Å². The first kappa shape index (κ1) is 15.9. The molecule has 0 aliphatic rings. The Morgan fingerprint density at radius 1 is 1.00 bits per heavy atom. The first-order chi connectivity index (χ1) is 12.6. The molecule has 2 heterocycles. The molecule has 4 aromatic rings. The molecule has 128 valence electrons. The highest BCUT2D eigenvalue weighted by Gasteiger charge is 2.22. The number of hydrogen-bond acceptors (Lipinski definition) is 5. The minimum atomic E-state index is -0.641. The molecule has 0 atom stereocenters. The summed E-state index contributed by atoms with van der Waals surface area (Å²) in [5, 5.41) is 0.344. The predicted octanol–water partition coefficient (Wildman–Crippen LogP) is 4.58. The average molecular weight is 346 g/mol. The van der Waals surface area contributed by atoms with E-state index in [9.17, 15) is 9.59 Å². The Morgan fingerprint density at radius 2 is 1.81 bits per heavy atom. The lowest BCUT2D eigenvalue weighted by atomic mass is 10.1. The molecular formula is C21H14O5. The van der Waals surface area contributed by atoms with Crippen molar-refractivity contribution in [3.63, 3.8) is 0 Å². The second kappa shape index (κ2) is 6.37. The predicted molar refractivity (Wildman–Crippen MR) is 96.3 cm³/mol. The van der Waals surface area contributed by atoms with E-state index in [4.69, 9.17) is 13.6 Å². The van der Waals surface area contributed by atoms with Crippen LogP contribution in [-0.4, -0.2) is 5.97 Å². The normalized spacial score (nSPS) is 10.8. The second-order valence-electron chi connectivity index (χ2n) is 5.82. The Bertz CT molecular complexity index is 1140. The maximum absolute atomic E-state index is 13.0. The van der Waals surface area contributed by atoms with Crippen LogP contribution in [0.2, 0.25) is 0 Å². The number of carbonyl (C=O) groups excluding carboxylic acids is 1. The molecule has 0 saturated heterocycles. The van der Waals surface area contributed by atoms with Crippen molar-refractivity contribution in [2.24, 2.45) is 0 Å². The minimum absolute atomic E-state index is 0.0839. The van der Waals surface area contributed by atoms with Gasteiger partial charge in [0.2, 0.25) is 16.9 Å². The Balaban J connectivity index is 1.91. The van der Waals surface area contributed by atoms with Crippen LogP contribution < -0.4 is 10.2 Å². The van der Waals surface area contributed by atoms with E-state index >= 15 is 0 Å². The van der Waals surface area contributed by atoms with Crippen molar-refractivity contribution in [3.05, 3.63) is 88.3 Å². The van der Waals surface area contributed by atoms with Gasteiger partial charge in [0.25, 0.3) is 0 Å². The summed E-state index contributed by atoms with van der Waals surface area (Å²) in [6, 6.07) is 17.0. The monoisotopic (exact) mass is 346 g/mol. The zero-order valence-corrected chi connectivity index (χ0v) is 13.9. The summed E-state index contributed by atoms with van der Waals surface area (Å²) in [6.07, 6.45) is 1.46. The number of esters is 1. The molecule has 0 bridgehead atoms. The van der Waals surface area contributed by atoms with Gasteiger partial charge in [0.05, 0.1) is 17.2 Å². The van der Waals surface area contributed by atoms with Gasteiger partial charge in [0.15, 0.2) is 5.76 Å². The van der Waals surface area contributed by atoms with Gasteiger partial charge in [-0.2, -0.15) is 0 Å². The first-order valence-corrected chi connectivity index (χ1v) is 8.02. The Kier molecular flexibility index (Phi) is 3.89. The summed E-state index contributed by atoms with van der Waals surface area (Å²) in [5.74, 6) is -0.439. The lowest BCUT2D eigenvalue weighted by Gasteiger charge is -2.09. The van der Waals surface area contributed by atoms with Gasteiger partial charge < -0.3 is 13.6 Å². The van der Waals surface area contributed by atoms with E-state index in [1.807, 2.05) is 13.0 Å². The van der Waals surface area contributed by atoms with Crippen molar-refractivity contribution >= 4 is 16.9 Å². The van der Waals surface area contributed by atoms with E-state index in [1.165, 1.54) is 6.26 Å². The topological polar surface area (TPSA) is 69.7 Å². The van der Waals surface area contributed by atoms with Crippen LogP contribution in [0.3, 0.4) is 0 Å². The number of ether oxygens (including phenoxy) is 1. The molecule has 0 aliphatic heterocycles. The van der Waals surface area contributed by atoms with Gasteiger partial charge in [0.1, 0.15) is 5.58 Å². The SMILES string of the molecule is Cc1ccc2oc(-c3ccco3)c(OC(=O)c3ccccc3)c(=O)c2c1. The fourth-order valence-electron chi connectivity index (χ4n) is 2.68. The fraction of sp³-hybridized carbons (Fsp3) is 0.0476. The summed E-state index contributed by atoms with van der Waals surface area (Å²) >= 11 is 0. The summed E-state index contributed by atoms with van der Waals surface area (Å²) in [7, 11) is 0. The van der Waals surface area contributed by atoms with Crippen molar-refractivity contribution in [1.29, 1.82) is 0 Å². The lowest BCUT2D eigenvalue weighted by Crippen LogP contribution is -2.16. The Labute approximate surface area is 148 Å². The molecule has 2 aromatic carbocycles. The highest BCUT2D eigenvalue weighted by molar-refractivity contribution is 5.92. The third-order valence-corrected chi connectivity index (χ3v) is 3.95. The van der Waals surface area contributed by atoms with E-state index in [0.717, 1.165) is 5.56 Å². The van der Waals surface area contributed by atoms with Crippen LogP contribution in [0.15, 0.2) is 80.6 Å². The first-order valence-electron chi connectivity index (χ1n) is 8.02. The molecular weight excluding hydrogens is 332 g/mol. The number of aryl methyl sites for hydroxylation is 1. The van der Waals surface area contributed by atoms with Crippen LogP contribution in [-0.2, 0) is 0 Å². The van der Waals surface area contributed by atoms with Crippen molar-refractivity contribution in [1.82, 2.24) is 0 Å². The Hall–Kier alpha value is -3.60. The van der Waals surface area contributed by atoms with Crippen LogP contribution in [0.4, 0.5) is 0 Å². The summed E-state index contributed by atoms with van der Waals surface area (Å²) in [4.78, 5) is 25.4. The molecule has 0 fully saturated rings. The van der Waals surface area contributed by atoms with Gasteiger partial charge in [-0.05, 0) is 43.3 Å². The molecule has 0 aliphatic carbocycles. The van der Waals surface area contributed by atoms with E-state index in [1.54, 1.807) is 54.6 Å². The van der Waals surface area contributed by atoms with E-state index < -0.39 is 11.4 Å². The quantitative estimate of drug-likeness (QED) is 0.508. The number of furan rings is 1. The highest BCUT2D eigenvalue weighted by Crippen LogP contribution is 2.31. The molecule has 0 saturated carbocycles. The number of hydrogen-bond donors (Lipinski definition) is 0. The van der Waals surface area contributed by atoms with Crippen LogP contribution in [0.1, 0.15) is 15.9 Å². The maximum Gasteiger partial charge on any atom is 0.343 e. The minimum Gasteiger partial charge on any atom is -0.461 e. The van der Waals surface area contributed by atoms with E-state index in [0.29, 0.717) is 22.3 Å². The van der Waals surface area contributed by atoms with Crippen molar-refractivity contribution in [2.75, 3.05) is 0 Å². The van der Waals surface area contributed by atoms with E-state index in [2.05, 4.69) is 0 Å². The lowest BCUT2D eigenvalue weighted by molar-refractivity contribution is 0.0731. The molecule has 5 heteroatoms. The summed E-state index contributed by atoms with van der Waals surface area (Å²) < 4.78 is 16.6. The standard InChI is InChI=1S/C21H14O5/c1-13-9-10-16-15(12-13)18(22)20(19(25-16)17-8-5-11-24-17)26-21(23)14-6-3-2-4-7-14/h2-12H,1H3. The zero-order valence-electron chi connectivity index (χ0n) is 13.9.